The molecule has 0 unspecified atom stereocenters. The molecule has 0 atom stereocenters. The quantitative estimate of drug-likeness (QED) is 0.817. The van der Waals surface area contributed by atoms with E-state index in [1.807, 2.05) is 13.0 Å². The number of carbonyl (C=O) groups is 1. The highest BCUT2D eigenvalue weighted by atomic mass is 79.9. The van der Waals surface area contributed by atoms with Gasteiger partial charge in [-0.25, -0.2) is 4.98 Å². The van der Waals surface area contributed by atoms with Gasteiger partial charge in [0.15, 0.2) is 0 Å². The zero-order valence-corrected chi connectivity index (χ0v) is 11.6. The van der Waals surface area contributed by atoms with Gasteiger partial charge in [0.05, 0.1) is 12.1 Å². The third kappa shape index (κ3) is 2.76. The number of pyridine rings is 1. The van der Waals surface area contributed by atoms with E-state index in [1.54, 1.807) is 30.3 Å². The Kier molecular flexibility index (Phi) is 3.76. The SMILES string of the molecule is Cc1cc(CN(C)C(=O)c2cccnc2Br)no1. The summed E-state index contributed by atoms with van der Waals surface area (Å²) in [7, 11) is 1.71. The minimum atomic E-state index is -0.115. The number of amides is 1. The Morgan fingerprint density at radius 3 is 2.94 bits per heavy atom. The van der Waals surface area contributed by atoms with Crippen molar-refractivity contribution >= 4 is 21.8 Å². The Bertz CT molecular complexity index is 568. The van der Waals surface area contributed by atoms with Crippen molar-refractivity contribution in [1.82, 2.24) is 15.0 Å². The second-order valence-corrected chi connectivity index (χ2v) is 4.68. The van der Waals surface area contributed by atoms with Crippen LogP contribution in [0.2, 0.25) is 0 Å². The normalized spacial score (nSPS) is 10.4. The topological polar surface area (TPSA) is 59.2 Å². The summed E-state index contributed by atoms with van der Waals surface area (Å²) < 4.78 is 5.50. The molecule has 5 nitrogen and oxygen atoms in total. The molecule has 0 N–H and O–H groups in total. The Hall–Kier alpha value is -1.69. The number of hydrogen-bond donors (Lipinski definition) is 0. The van der Waals surface area contributed by atoms with Crippen LogP contribution in [0, 0.1) is 6.92 Å². The van der Waals surface area contributed by atoms with Crippen molar-refractivity contribution in [1.29, 1.82) is 0 Å². The van der Waals surface area contributed by atoms with Crippen molar-refractivity contribution in [3.8, 4) is 0 Å². The highest BCUT2D eigenvalue weighted by Crippen LogP contribution is 2.15. The summed E-state index contributed by atoms with van der Waals surface area (Å²) in [6.45, 7) is 2.22. The Balaban J connectivity index is 2.12. The zero-order valence-electron chi connectivity index (χ0n) is 10.1. The number of halogens is 1. The van der Waals surface area contributed by atoms with E-state index in [0.717, 1.165) is 11.5 Å². The predicted molar refractivity (Wildman–Crippen MR) is 69.0 cm³/mol. The van der Waals surface area contributed by atoms with Gasteiger partial charge in [0.25, 0.3) is 5.91 Å². The van der Waals surface area contributed by atoms with E-state index in [0.29, 0.717) is 16.7 Å². The first-order valence-corrected chi connectivity index (χ1v) is 6.15. The maximum Gasteiger partial charge on any atom is 0.256 e. The highest BCUT2D eigenvalue weighted by molar-refractivity contribution is 9.10. The van der Waals surface area contributed by atoms with Gasteiger partial charge in [0, 0.05) is 19.3 Å². The lowest BCUT2D eigenvalue weighted by molar-refractivity contribution is 0.0780. The van der Waals surface area contributed by atoms with Gasteiger partial charge in [-0.15, -0.1) is 0 Å². The minimum absolute atomic E-state index is 0.115. The van der Waals surface area contributed by atoms with E-state index < -0.39 is 0 Å². The van der Waals surface area contributed by atoms with E-state index in [1.165, 1.54) is 0 Å². The maximum absolute atomic E-state index is 12.2. The lowest BCUT2D eigenvalue weighted by Crippen LogP contribution is -2.26. The summed E-state index contributed by atoms with van der Waals surface area (Å²) in [5.41, 5.74) is 1.25. The van der Waals surface area contributed by atoms with Crippen LogP contribution in [0.4, 0.5) is 0 Å². The summed E-state index contributed by atoms with van der Waals surface area (Å²) in [5, 5.41) is 3.86. The minimum Gasteiger partial charge on any atom is -0.361 e. The van der Waals surface area contributed by atoms with Crippen LogP contribution < -0.4 is 0 Å². The summed E-state index contributed by atoms with van der Waals surface area (Å²) in [6, 6.07) is 5.26. The molecule has 0 fully saturated rings. The fourth-order valence-electron chi connectivity index (χ4n) is 1.56. The van der Waals surface area contributed by atoms with E-state index in [2.05, 4.69) is 26.1 Å². The molecule has 6 heteroatoms. The van der Waals surface area contributed by atoms with Crippen molar-refractivity contribution in [3.63, 3.8) is 0 Å². The van der Waals surface area contributed by atoms with Crippen molar-refractivity contribution in [2.24, 2.45) is 0 Å². The van der Waals surface area contributed by atoms with Gasteiger partial charge in [0.1, 0.15) is 16.1 Å². The third-order valence-electron chi connectivity index (χ3n) is 2.41. The first-order valence-electron chi connectivity index (χ1n) is 5.36. The lowest BCUT2D eigenvalue weighted by Gasteiger charge is -2.15. The maximum atomic E-state index is 12.2. The summed E-state index contributed by atoms with van der Waals surface area (Å²) in [4.78, 5) is 17.8. The molecule has 0 saturated carbocycles. The largest absolute Gasteiger partial charge is 0.361 e. The van der Waals surface area contributed by atoms with Gasteiger partial charge >= 0.3 is 0 Å². The molecule has 2 heterocycles. The molecule has 2 rings (SSSR count). The molecule has 2 aromatic rings. The van der Waals surface area contributed by atoms with Gasteiger partial charge in [-0.2, -0.15) is 0 Å². The van der Waals surface area contributed by atoms with Crippen LogP contribution in [0.15, 0.2) is 33.5 Å². The van der Waals surface area contributed by atoms with E-state index in [-0.39, 0.29) is 5.91 Å². The number of carbonyl (C=O) groups excluding carboxylic acids is 1. The summed E-state index contributed by atoms with van der Waals surface area (Å²) in [6.07, 6.45) is 1.63. The molecule has 0 radical (unpaired) electrons. The number of hydrogen-bond acceptors (Lipinski definition) is 4. The molecular formula is C12H12BrN3O2. The van der Waals surface area contributed by atoms with E-state index in [9.17, 15) is 4.79 Å². The first-order chi connectivity index (χ1) is 8.58. The standard InChI is InChI=1S/C12H12BrN3O2/c1-8-6-9(15-18-8)7-16(2)12(17)10-4-3-5-14-11(10)13/h3-6H,7H2,1-2H3. The van der Waals surface area contributed by atoms with E-state index >= 15 is 0 Å². The fraction of sp³-hybridized carbons (Fsp3) is 0.250. The van der Waals surface area contributed by atoms with Gasteiger partial charge in [-0.05, 0) is 35.0 Å². The molecule has 0 aromatic carbocycles. The summed E-state index contributed by atoms with van der Waals surface area (Å²) >= 11 is 3.26. The number of aryl methyl sites for hydroxylation is 1. The Morgan fingerprint density at radius 1 is 1.56 bits per heavy atom. The molecule has 2 aromatic heterocycles. The number of aromatic nitrogens is 2. The molecule has 0 aliphatic heterocycles. The predicted octanol–water partition coefficient (Wildman–Crippen LogP) is 2.41. The molecule has 0 aliphatic rings. The average Bonchev–Trinajstić information content (AvgIpc) is 2.74. The van der Waals surface area contributed by atoms with Crippen LogP contribution in [0.25, 0.3) is 0 Å². The number of nitrogens with zero attached hydrogens (tertiary/aromatic N) is 3. The van der Waals surface area contributed by atoms with E-state index in [4.69, 9.17) is 4.52 Å². The van der Waals surface area contributed by atoms with Crippen LogP contribution in [-0.2, 0) is 6.54 Å². The average molecular weight is 310 g/mol. The van der Waals surface area contributed by atoms with Gasteiger partial charge in [-0.1, -0.05) is 5.16 Å². The van der Waals surface area contributed by atoms with Gasteiger partial charge < -0.3 is 9.42 Å². The highest BCUT2D eigenvalue weighted by Gasteiger charge is 2.16. The molecule has 0 aliphatic carbocycles. The van der Waals surface area contributed by atoms with Crippen molar-refractivity contribution < 1.29 is 9.32 Å². The second kappa shape index (κ2) is 5.30. The third-order valence-corrected chi connectivity index (χ3v) is 3.04. The first kappa shape index (κ1) is 12.8. The van der Waals surface area contributed by atoms with Crippen LogP contribution in [0.5, 0.6) is 0 Å². The Labute approximate surface area is 113 Å². The summed E-state index contributed by atoms with van der Waals surface area (Å²) in [5.74, 6) is 0.615. The smallest absolute Gasteiger partial charge is 0.256 e. The van der Waals surface area contributed by atoms with Crippen LogP contribution in [-0.4, -0.2) is 28.0 Å². The second-order valence-electron chi connectivity index (χ2n) is 3.93. The number of rotatable bonds is 3. The van der Waals surface area contributed by atoms with Crippen LogP contribution >= 0.6 is 15.9 Å². The molecule has 94 valence electrons. The molecule has 0 saturated heterocycles. The van der Waals surface area contributed by atoms with Crippen LogP contribution in [0.3, 0.4) is 0 Å². The lowest BCUT2D eigenvalue weighted by atomic mass is 10.2. The fourth-order valence-corrected chi connectivity index (χ4v) is 1.98. The monoisotopic (exact) mass is 309 g/mol. The molecule has 0 spiro atoms. The van der Waals surface area contributed by atoms with Crippen molar-refractivity contribution in [2.75, 3.05) is 7.05 Å². The van der Waals surface area contributed by atoms with Crippen LogP contribution in [0.1, 0.15) is 21.8 Å². The van der Waals surface area contributed by atoms with Gasteiger partial charge in [-0.3, -0.25) is 4.79 Å². The van der Waals surface area contributed by atoms with Crippen molar-refractivity contribution in [2.45, 2.75) is 13.5 Å². The molecule has 0 bridgehead atoms. The Morgan fingerprint density at radius 2 is 2.33 bits per heavy atom. The molecular weight excluding hydrogens is 298 g/mol. The van der Waals surface area contributed by atoms with Gasteiger partial charge in [0.2, 0.25) is 0 Å². The van der Waals surface area contributed by atoms with Crippen molar-refractivity contribution in [3.05, 3.63) is 46.0 Å². The zero-order chi connectivity index (χ0) is 13.1. The molecule has 18 heavy (non-hydrogen) atoms. The molecule has 1 amide bonds.